The number of aryl methyl sites for hydroxylation is 1. The van der Waals surface area contributed by atoms with Crippen LogP contribution in [0.5, 0.6) is 0 Å². The number of carbonyl (C=O) groups is 2. The van der Waals surface area contributed by atoms with Gasteiger partial charge in [0.25, 0.3) is 5.91 Å². The second kappa shape index (κ2) is 4.72. The molecule has 118 valence electrons. The molecule has 7 heteroatoms. The minimum atomic E-state index is -0.371. The Morgan fingerprint density at radius 1 is 1.41 bits per heavy atom. The van der Waals surface area contributed by atoms with Crippen LogP contribution in [-0.4, -0.2) is 63.8 Å². The van der Waals surface area contributed by atoms with Crippen LogP contribution in [-0.2, 0) is 17.6 Å². The Hall–Kier alpha value is -2.05. The topological polar surface area (TPSA) is 78.5 Å². The van der Waals surface area contributed by atoms with Crippen LogP contribution >= 0.6 is 0 Å². The van der Waals surface area contributed by atoms with Crippen molar-refractivity contribution in [2.24, 2.45) is 0 Å². The molecular weight excluding hydrogens is 284 g/mol. The molecule has 0 radical (unpaired) electrons. The number of rotatable bonds is 2. The molecule has 1 N–H and O–H groups in total. The normalized spacial score (nSPS) is 26.9. The Balaban J connectivity index is 1.59. The SMILES string of the molecule is CCC12COC(=O)N1CCN(C(=O)c1n[nH]c3c1CCC3)C2. The molecule has 2 saturated heterocycles. The molecule has 2 amide bonds. The lowest BCUT2D eigenvalue weighted by atomic mass is 9.92. The van der Waals surface area contributed by atoms with Gasteiger partial charge in [-0.3, -0.25) is 14.8 Å². The highest BCUT2D eigenvalue weighted by Gasteiger charge is 2.50. The second-order valence-corrected chi connectivity index (χ2v) is 6.39. The van der Waals surface area contributed by atoms with Gasteiger partial charge < -0.3 is 9.64 Å². The number of hydrogen-bond acceptors (Lipinski definition) is 4. The molecule has 2 fully saturated rings. The van der Waals surface area contributed by atoms with Crippen LogP contribution in [0.1, 0.15) is 41.5 Å². The van der Waals surface area contributed by atoms with Crippen LogP contribution < -0.4 is 0 Å². The van der Waals surface area contributed by atoms with Crippen molar-refractivity contribution in [1.82, 2.24) is 20.0 Å². The van der Waals surface area contributed by atoms with E-state index in [1.54, 1.807) is 4.90 Å². The van der Waals surface area contributed by atoms with Crippen LogP contribution in [0.25, 0.3) is 0 Å². The lowest BCUT2D eigenvalue weighted by Gasteiger charge is -2.44. The number of nitrogens with zero attached hydrogens (tertiary/aromatic N) is 3. The number of nitrogens with one attached hydrogen (secondary N) is 1. The van der Waals surface area contributed by atoms with Crippen molar-refractivity contribution in [1.29, 1.82) is 0 Å². The standard InChI is InChI=1S/C15H20N4O3/c1-2-15-8-18(6-7-19(15)14(21)22-9-15)13(20)12-10-4-3-5-11(10)16-17-12/h2-9H2,1H3,(H,16,17). The molecule has 0 bridgehead atoms. The number of amides is 2. The summed E-state index contributed by atoms with van der Waals surface area (Å²) in [5, 5.41) is 7.23. The first-order chi connectivity index (χ1) is 10.6. The molecule has 3 heterocycles. The van der Waals surface area contributed by atoms with E-state index in [0.29, 0.717) is 31.9 Å². The second-order valence-electron chi connectivity index (χ2n) is 6.39. The number of aromatic nitrogens is 2. The third-order valence-corrected chi connectivity index (χ3v) is 5.29. The number of carbonyl (C=O) groups excluding carboxylic acids is 2. The fraction of sp³-hybridized carbons (Fsp3) is 0.667. The van der Waals surface area contributed by atoms with Crippen molar-refractivity contribution in [3.8, 4) is 0 Å². The zero-order valence-corrected chi connectivity index (χ0v) is 12.7. The maximum atomic E-state index is 12.8. The first kappa shape index (κ1) is 13.6. The van der Waals surface area contributed by atoms with E-state index in [4.69, 9.17) is 4.74 Å². The van der Waals surface area contributed by atoms with Crippen LogP contribution in [0.2, 0.25) is 0 Å². The number of piperazine rings is 1. The Morgan fingerprint density at radius 2 is 2.27 bits per heavy atom. The molecule has 1 unspecified atom stereocenters. The van der Waals surface area contributed by atoms with E-state index in [1.165, 1.54) is 0 Å². The van der Waals surface area contributed by atoms with Crippen molar-refractivity contribution in [3.05, 3.63) is 17.0 Å². The van der Waals surface area contributed by atoms with Gasteiger partial charge in [0.2, 0.25) is 0 Å². The highest BCUT2D eigenvalue weighted by molar-refractivity contribution is 5.94. The summed E-state index contributed by atoms with van der Waals surface area (Å²) in [6, 6.07) is 0. The van der Waals surface area contributed by atoms with Crippen LogP contribution in [0.4, 0.5) is 4.79 Å². The lowest BCUT2D eigenvalue weighted by Crippen LogP contribution is -2.62. The van der Waals surface area contributed by atoms with Gasteiger partial charge in [0, 0.05) is 30.9 Å². The van der Waals surface area contributed by atoms with Crippen molar-refractivity contribution >= 4 is 12.0 Å². The predicted molar refractivity (Wildman–Crippen MR) is 77.6 cm³/mol. The summed E-state index contributed by atoms with van der Waals surface area (Å²) in [6.07, 6.45) is 3.51. The van der Waals surface area contributed by atoms with Crippen LogP contribution in [0.15, 0.2) is 0 Å². The molecule has 7 nitrogen and oxygen atoms in total. The van der Waals surface area contributed by atoms with E-state index in [1.807, 2.05) is 11.8 Å². The van der Waals surface area contributed by atoms with Gasteiger partial charge in [-0.15, -0.1) is 0 Å². The highest BCUT2D eigenvalue weighted by Crippen LogP contribution is 2.33. The van der Waals surface area contributed by atoms with E-state index in [9.17, 15) is 9.59 Å². The summed E-state index contributed by atoms with van der Waals surface area (Å²) in [5.74, 6) is -0.0220. The Bertz CT molecular complexity index is 641. The third kappa shape index (κ3) is 1.77. The molecule has 0 spiro atoms. The Labute approximate surface area is 128 Å². The average molecular weight is 304 g/mol. The molecule has 2 aliphatic heterocycles. The molecule has 1 aliphatic carbocycles. The summed E-state index contributed by atoms with van der Waals surface area (Å²) in [6.45, 7) is 4.00. The van der Waals surface area contributed by atoms with Gasteiger partial charge in [0.1, 0.15) is 6.61 Å². The van der Waals surface area contributed by atoms with E-state index < -0.39 is 0 Å². The van der Waals surface area contributed by atoms with Crippen molar-refractivity contribution in [2.75, 3.05) is 26.2 Å². The first-order valence-corrected chi connectivity index (χ1v) is 7.94. The zero-order chi connectivity index (χ0) is 15.3. The number of H-pyrrole nitrogens is 1. The molecular formula is C15H20N4O3. The molecule has 1 atom stereocenters. The van der Waals surface area contributed by atoms with Gasteiger partial charge in [0.05, 0.1) is 5.54 Å². The number of aromatic amines is 1. The number of fused-ring (bicyclic) bond motifs is 2. The summed E-state index contributed by atoms with van der Waals surface area (Å²) in [5.41, 5.74) is 2.38. The van der Waals surface area contributed by atoms with Crippen molar-refractivity contribution in [2.45, 2.75) is 38.1 Å². The average Bonchev–Trinajstić information content (AvgIpc) is 3.21. The maximum Gasteiger partial charge on any atom is 0.410 e. The van der Waals surface area contributed by atoms with Gasteiger partial charge in [0.15, 0.2) is 5.69 Å². The molecule has 1 aromatic rings. The molecule has 22 heavy (non-hydrogen) atoms. The quantitative estimate of drug-likeness (QED) is 0.882. The molecule has 4 rings (SSSR count). The third-order valence-electron chi connectivity index (χ3n) is 5.29. The molecule has 1 aromatic heterocycles. The van der Waals surface area contributed by atoms with Crippen LogP contribution in [0.3, 0.4) is 0 Å². The molecule has 0 saturated carbocycles. The van der Waals surface area contributed by atoms with Gasteiger partial charge in [-0.1, -0.05) is 6.92 Å². The Morgan fingerprint density at radius 3 is 3.09 bits per heavy atom. The van der Waals surface area contributed by atoms with Crippen LogP contribution in [0, 0.1) is 0 Å². The maximum absolute atomic E-state index is 12.8. The van der Waals surface area contributed by atoms with E-state index in [2.05, 4.69) is 10.2 Å². The number of hydrogen-bond donors (Lipinski definition) is 1. The number of ether oxygens (including phenoxy) is 1. The van der Waals surface area contributed by atoms with Gasteiger partial charge in [-0.2, -0.15) is 5.10 Å². The Kier molecular flexibility index (Phi) is 2.92. The van der Waals surface area contributed by atoms with Gasteiger partial charge in [-0.25, -0.2) is 4.79 Å². The van der Waals surface area contributed by atoms with Crippen molar-refractivity contribution < 1.29 is 14.3 Å². The lowest BCUT2D eigenvalue weighted by molar-refractivity contribution is 0.0356. The zero-order valence-electron chi connectivity index (χ0n) is 12.7. The summed E-state index contributed by atoms with van der Waals surface area (Å²) in [7, 11) is 0. The first-order valence-electron chi connectivity index (χ1n) is 7.94. The minimum absolute atomic E-state index is 0.0220. The fourth-order valence-electron chi connectivity index (χ4n) is 3.88. The van der Waals surface area contributed by atoms with Gasteiger partial charge in [-0.05, 0) is 25.7 Å². The van der Waals surface area contributed by atoms with Gasteiger partial charge >= 0.3 is 6.09 Å². The highest BCUT2D eigenvalue weighted by atomic mass is 16.6. The monoisotopic (exact) mass is 304 g/mol. The fourth-order valence-corrected chi connectivity index (χ4v) is 3.88. The smallest absolute Gasteiger partial charge is 0.410 e. The van der Waals surface area contributed by atoms with E-state index in [-0.39, 0.29) is 17.5 Å². The molecule has 3 aliphatic rings. The molecule has 0 aromatic carbocycles. The summed E-state index contributed by atoms with van der Waals surface area (Å²) < 4.78 is 5.21. The minimum Gasteiger partial charge on any atom is -0.447 e. The predicted octanol–water partition coefficient (Wildman–Crippen LogP) is 0.955. The summed E-state index contributed by atoms with van der Waals surface area (Å²) >= 11 is 0. The van der Waals surface area contributed by atoms with Crippen molar-refractivity contribution in [3.63, 3.8) is 0 Å². The largest absolute Gasteiger partial charge is 0.447 e. The van der Waals surface area contributed by atoms with E-state index in [0.717, 1.165) is 36.9 Å². The number of cyclic esters (lactones) is 1. The summed E-state index contributed by atoms with van der Waals surface area (Å²) in [4.78, 5) is 28.3. The van der Waals surface area contributed by atoms with E-state index >= 15 is 0 Å².